The molecule has 38 heavy (non-hydrogen) atoms. The van der Waals surface area contributed by atoms with Crippen LogP contribution >= 0.6 is 0 Å². The second kappa shape index (κ2) is 10.2. The predicted octanol–water partition coefficient (Wildman–Crippen LogP) is 5.69. The van der Waals surface area contributed by atoms with Gasteiger partial charge in [0.1, 0.15) is 17.9 Å². The van der Waals surface area contributed by atoms with Gasteiger partial charge in [-0.15, -0.1) is 0 Å². The highest BCUT2D eigenvalue weighted by Gasteiger charge is 2.56. The summed E-state index contributed by atoms with van der Waals surface area (Å²) in [4.78, 5) is 17.4. The average Bonchev–Trinajstić information content (AvgIpc) is 3.28. The van der Waals surface area contributed by atoms with E-state index in [9.17, 15) is 18.3 Å². The number of hydrogen-bond acceptors (Lipinski definition) is 6. The summed E-state index contributed by atoms with van der Waals surface area (Å²) >= 11 is 0. The first-order valence-electron chi connectivity index (χ1n) is 12.3. The molecule has 1 aromatic carbocycles. The number of benzene rings is 1. The summed E-state index contributed by atoms with van der Waals surface area (Å²) in [7, 11) is 3.36. The van der Waals surface area contributed by atoms with Gasteiger partial charge in [0.25, 0.3) is 0 Å². The van der Waals surface area contributed by atoms with Crippen molar-refractivity contribution in [1.29, 1.82) is 0 Å². The fourth-order valence-electron chi connectivity index (χ4n) is 4.81. The van der Waals surface area contributed by atoms with E-state index in [4.69, 9.17) is 4.74 Å². The zero-order valence-electron chi connectivity index (χ0n) is 22.1. The molecule has 0 saturated heterocycles. The molecule has 202 valence electrons. The number of nitrogens with zero attached hydrogens (tertiary/aromatic N) is 4. The Morgan fingerprint density at radius 3 is 2.37 bits per heavy atom. The van der Waals surface area contributed by atoms with Gasteiger partial charge in [-0.2, -0.15) is 13.2 Å². The molecule has 0 bridgehead atoms. The van der Waals surface area contributed by atoms with E-state index in [1.165, 1.54) is 13.4 Å². The van der Waals surface area contributed by atoms with Crippen molar-refractivity contribution in [3.63, 3.8) is 0 Å². The molecule has 0 aliphatic carbocycles. The maximum absolute atomic E-state index is 14.5. The third-order valence-electron chi connectivity index (χ3n) is 6.98. The number of methoxy groups -OCH3 is 1. The van der Waals surface area contributed by atoms with Crippen molar-refractivity contribution in [2.45, 2.75) is 50.8 Å². The maximum atomic E-state index is 14.5. The van der Waals surface area contributed by atoms with E-state index in [2.05, 4.69) is 19.9 Å². The number of rotatable bonds is 9. The fourth-order valence-corrected chi connectivity index (χ4v) is 4.81. The number of nitrogens with one attached hydrogen (secondary N) is 1. The van der Waals surface area contributed by atoms with Crippen LogP contribution in [0.4, 0.5) is 19.0 Å². The maximum Gasteiger partial charge on any atom is 0.417 e. The van der Waals surface area contributed by atoms with Crippen LogP contribution in [0.2, 0.25) is 0 Å². The van der Waals surface area contributed by atoms with Crippen molar-refractivity contribution in [2.24, 2.45) is 0 Å². The summed E-state index contributed by atoms with van der Waals surface area (Å²) in [6, 6.07) is 8.75. The summed E-state index contributed by atoms with van der Waals surface area (Å²) < 4.78 is 49.0. The van der Waals surface area contributed by atoms with Crippen LogP contribution in [-0.2, 0) is 11.8 Å². The van der Waals surface area contributed by atoms with Gasteiger partial charge in [-0.05, 0) is 48.6 Å². The van der Waals surface area contributed by atoms with E-state index in [1.54, 1.807) is 56.7 Å². The van der Waals surface area contributed by atoms with Crippen molar-refractivity contribution in [2.75, 3.05) is 25.6 Å². The summed E-state index contributed by atoms with van der Waals surface area (Å²) in [6.07, 6.45) is 0.155. The number of hydrogen-bond donors (Lipinski definition) is 2. The number of pyridine rings is 1. The number of anilines is 1. The van der Waals surface area contributed by atoms with Gasteiger partial charge >= 0.3 is 6.18 Å². The van der Waals surface area contributed by atoms with Gasteiger partial charge in [-0.1, -0.05) is 19.9 Å². The van der Waals surface area contributed by atoms with Crippen LogP contribution in [0.15, 0.2) is 55.2 Å². The average molecular weight is 528 g/mol. The van der Waals surface area contributed by atoms with E-state index < -0.39 is 30.0 Å². The zero-order valence-corrected chi connectivity index (χ0v) is 22.1. The van der Waals surface area contributed by atoms with Crippen molar-refractivity contribution in [3.05, 3.63) is 66.5 Å². The number of fused-ring (bicyclic) bond motifs is 1. The number of alkyl halides is 3. The summed E-state index contributed by atoms with van der Waals surface area (Å²) in [6.45, 7) is 6.07. The molecule has 4 aromatic rings. The number of aromatic nitrogens is 4. The Balaban J connectivity index is 1.70. The molecular formula is C28H32F3N5O2. The predicted molar refractivity (Wildman–Crippen MR) is 141 cm³/mol. The molecular weight excluding hydrogens is 495 g/mol. The van der Waals surface area contributed by atoms with Crippen LogP contribution in [0.5, 0.6) is 5.75 Å². The summed E-state index contributed by atoms with van der Waals surface area (Å²) in [5.74, 6) is 1.15. The monoisotopic (exact) mass is 527 g/mol. The Bertz CT molecular complexity index is 1400. The van der Waals surface area contributed by atoms with Crippen LogP contribution in [0.1, 0.15) is 38.4 Å². The molecule has 1 atom stereocenters. The molecule has 0 amide bonds. The molecule has 0 saturated carbocycles. The quantitative estimate of drug-likeness (QED) is 0.291. The lowest BCUT2D eigenvalue weighted by Crippen LogP contribution is -2.51. The van der Waals surface area contributed by atoms with Gasteiger partial charge in [0.2, 0.25) is 0 Å². The molecule has 7 nitrogen and oxygen atoms in total. The van der Waals surface area contributed by atoms with Crippen LogP contribution in [-0.4, -0.2) is 57.5 Å². The minimum Gasteiger partial charge on any atom is -0.496 e. The number of H-pyrrole nitrogens is 1. The molecule has 0 fully saturated rings. The van der Waals surface area contributed by atoms with Crippen LogP contribution in [0, 0.1) is 0 Å². The molecule has 0 spiro atoms. The molecule has 3 heterocycles. The molecule has 1 unspecified atom stereocenters. The van der Waals surface area contributed by atoms with Gasteiger partial charge in [0.05, 0.1) is 18.8 Å². The van der Waals surface area contributed by atoms with E-state index >= 15 is 0 Å². The largest absolute Gasteiger partial charge is 0.496 e. The minimum absolute atomic E-state index is 0.274. The Morgan fingerprint density at radius 1 is 1.03 bits per heavy atom. The topological polar surface area (TPSA) is 87.2 Å². The van der Waals surface area contributed by atoms with E-state index in [0.29, 0.717) is 22.6 Å². The second-order valence-electron chi connectivity index (χ2n) is 10.2. The highest BCUT2D eigenvalue weighted by molar-refractivity contribution is 5.82. The second-order valence-corrected chi connectivity index (χ2v) is 10.2. The Hall–Kier alpha value is -3.66. The smallest absolute Gasteiger partial charge is 0.417 e. The third-order valence-corrected chi connectivity index (χ3v) is 6.98. The number of aromatic amines is 1. The minimum atomic E-state index is -4.88. The van der Waals surface area contributed by atoms with E-state index in [-0.39, 0.29) is 5.69 Å². The van der Waals surface area contributed by atoms with Crippen molar-refractivity contribution >= 4 is 16.7 Å². The van der Waals surface area contributed by atoms with Gasteiger partial charge in [-0.3, -0.25) is 0 Å². The van der Waals surface area contributed by atoms with Crippen LogP contribution in [0.25, 0.3) is 22.0 Å². The molecule has 10 heteroatoms. The van der Waals surface area contributed by atoms with Crippen molar-refractivity contribution in [1.82, 2.24) is 19.9 Å². The lowest BCUT2D eigenvalue weighted by molar-refractivity contribution is -0.266. The van der Waals surface area contributed by atoms with Gasteiger partial charge in [-0.25, -0.2) is 15.0 Å². The first kappa shape index (κ1) is 27.4. The highest BCUT2D eigenvalue weighted by Crippen LogP contribution is 2.46. The van der Waals surface area contributed by atoms with Gasteiger partial charge < -0.3 is 19.7 Å². The third kappa shape index (κ3) is 5.45. The normalized spacial score (nSPS) is 13.9. The molecule has 2 N–H and O–H groups in total. The Kier molecular flexibility index (Phi) is 7.38. The highest BCUT2D eigenvalue weighted by atomic mass is 19.4. The molecule has 3 aromatic heterocycles. The van der Waals surface area contributed by atoms with E-state index in [0.717, 1.165) is 23.1 Å². The fraction of sp³-hybridized carbons (Fsp3) is 0.393. The Morgan fingerprint density at radius 2 is 1.74 bits per heavy atom. The van der Waals surface area contributed by atoms with Crippen molar-refractivity contribution < 1.29 is 23.0 Å². The summed E-state index contributed by atoms with van der Waals surface area (Å²) in [5, 5.41) is 12.0. The molecule has 0 radical (unpaired) electrons. The molecule has 4 rings (SSSR count). The lowest BCUT2D eigenvalue weighted by Gasteiger charge is -2.38. The number of aliphatic hydroxyl groups is 1. The van der Waals surface area contributed by atoms with Crippen molar-refractivity contribution in [3.8, 4) is 16.9 Å². The number of halogens is 3. The van der Waals surface area contributed by atoms with Crippen LogP contribution < -0.4 is 9.64 Å². The summed E-state index contributed by atoms with van der Waals surface area (Å²) in [5.41, 5.74) is -1.25. The van der Waals surface area contributed by atoms with Crippen LogP contribution in [0.3, 0.4) is 0 Å². The SMILES string of the molecule is CCN(C)c1cc2cc(CC(O)(CC(C)(C)c3cc(-c4cncnc4)ccc3OC)C(F)(F)F)[nH]c2cn1. The first-order valence-corrected chi connectivity index (χ1v) is 12.3. The Labute approximate surface area is 219 Å². The lowest BCUT2D eigenvalue weighted by atomic mass is 9.72. The van der Waals surface area contributed by atoms with Gasteiger partial charge in [0.15, 0.2) is 5.60 Å². The standard InChI is InChI=1S/C28H32F3N5O2/c1-6-36(4)25-11-19-9-21(35-23(19)15-34-25)12-27(37,28(29,30)31)16-26(2,3)22-10-18(7-8-24(22)38-5)20-13-32-17-33-14-20/h7-11,13-15,17,35,37H,6,12,16H2,1-5H3. The number of ether oxygens (including phenoxy) is 1. The van der Waals surface area contributed by atoms with E-state index in [1.807, 2.05) is 24.9 Å². The first-order chi connectivity index (χ1) is 17.9. The zero-order chi connectivity index (χ0) is 27.7. The van der Waals surface area contributed by atoms with Gasteiger partial charge in [0, 0.05) is 54.6 Å². The molecule has 0 aliphatic heterocycles. The molecule has 0 aliphatic rings.